The van der Waals surface area contributed by atoms with Crippen molar-refractivity contribution in [3.63, 3.8) is 0 Å². The average Bonchev–Trinajstić information content (AvgIpc) is 3.20. The van der Waals surface area contributed by atoms with E-state index < -0.39 is 11.7 Å². The van der Waals surface area contributed by atoms with Gasteiger partial charge in [-0.3, -0.25) is 9.69 Å². The molecule has 2 aliphatic rings. The Morgan fingerprint density at radius 3 is 2.36 bits per heavy atom. The first kappa shape index (κ1) is 25.8. The maximum absolute atomic E-state index is 12.8. The summed E-state index contributed by atoms with van der Waals surface area (Å²) >= 11 is 0. The van der Waals surface area contributed by atoms with Gasteiger partial charge >= 0.3 is 12.2 Å². The Morgan fingerprint density at radius 2 is 1.78 bits per heavy atom. The minimum absolute atomic E-state index is 0.00527. The third-order valence-electron chi connectivity index (χ3n) is 6.69. The van der Waals surface area contributed by atoms with Crippen molar-refractivity contribution in [1.82, 2.24) is 15.2 Å². The predicted molar refractivity (Wildman–Crippen MR) is 129 cm³/mol. The van der Waals surface area contributed by atoms with Crippen LogP contribution < -0.4 is 15.0 Å². The lowest BCUT2D eigenvalue weighted by Crippen LogP contribution is -2.45. The number of ether oxygens (including phenoxy) is 1. The maximum Gasteiger partial charge on any atom is 0.417 e. The predicted octanol–water partition coefficient (Wildman–Crippen LogP) is 4.97. The van der Waals surface area contributed by atoms with Crippen LogP contribution in [0.25, 0.3) is 0 Å². The van der Waals surface area contributed by atoms with E-state index in [1.165, 1.54) is 11.6 Å². The van der Waals surface area contributed by atoms with E-state index in [9.17, 15) is 22.8 Å². The molecule has 194 valence electrons. The van der Waals surface area contributed by atoms with Gasteiger partial charge in [-0.05, 0) is 55.4 Å². The van der Waals surface area contributed by atoms with Crippen molar-refractivity contribution in [1.29, 1.82) is 0 Å². The number of carbonyl (C=O) groups is 2. The van der Waals surface area contributed by atoms with E-state index in [-0.39, 0.29) is 36.5 Å². The van der Waals surface area contributed by atoms with Gasteiger partial charge in [-0.1, -0.05) is 26.0 Å². The maximum atomic E-state index is 12.8. The number of hydrogen-bond acceptors (Lipinski definition) is 4. The van der Waals surface area contributed by atoms with E-state index in [1.54, 1.807) is 9.80 Å². The number of nitrogens with zero attached hydrogens (tertiary/aromatic N) is 3. The van der Waals surface area contributed by atoms with E-state index in [2.05, 4.69) is 24.1 Å². The van der Waals surface area contributed by atoms with Gasteiger partial charge in [0.1, 0.15) is 12.6 Å². The number of pyridine rings is 1. The number of urea groups is 1. The van der Waals surface area contributed by atoms with Crippen LogP contribution >= 0.6 is 0 Å². The highest BCUT2D eigenvalue weighted by Crippen LogP contribution is 2.30. The zero-order valence-corrected chi connectivity index (χ0v) is 20.4. The van der Waals surface area contributed by atoms with Gasteiger partial charge in [0.05, 0.1) is 5.56 Å². The second kappa shape index (κ2) is 10.8. The van der Waals surface area contributed by atoms with Gasteiger partial charge in [-0.25, -0.2) is 9.78 Å². The molecule has 2 heterocycles. The molecule has 0 unspecified atom stereocenters. The number of hydrogen-bond donors (Lipinski definition) is 1. The Hall–Kier alpha value is -3.30. The zero-order valence-electron chi connectivity index (χ0n) is 20.4. The lowest BCUT2D eigenvalue weighted by atomic mass is 9.93. The Kier molecular flexibility index (Phi) is 7.70. The van der Waals surface area contributed by atoms with Crippen molar-refractivity contribution in [3.05, 3.63) is 53.7 Å². The van der Waals surface area contributed by atoms with Crippen molar-refractivity contribution < 1.29 is 27.5 Å². The summed E-state index contributed by atoms with van der Waals surface area (Å²) < 4.78 is 43.7. The molecule has 1 N–H and O–H groups in total. The lowest BCUT2D eigenvalue weighted by molar-refractivity contribution is -0.137. The van der Waals surface area contributed by atoms with Crippen molar-refractivity contribution in [2.45, 2.75) is 63.8 Å². The topological polar surface area (TPSA) is 74.8 Å². The fourth-order valence-electron chi connectivity index (χ4n) is 4.57. The highest BCUT2D eigenvalue weighted by atomic mass is 19.4. The first-order valence-electron chi connectivity index (χ1n) is 12.3. The number of halogens is 3. The van der Waals surface area contributed by atoms with Gasteiger partial charge in [-0.2, -0.15) is 13.2 Å². The van der Waals surface area contributed by atoms with E-state index in [0.29, 0.717) is 44.7 Å². The molecule has 1 aliphatic carbocycles. The molecule has 0 spiro atoms. The molecule has 36 heavy (non-hydrogen) atoms. The summed E-state index contributed by atoms with van der Waals surface area (Å²) in [5.41, 5.74) is 1.22. The molecule has 4 rings (SSSR count). The first-order chi connectivity index (χ1) is 17.1. The molecular formula is C26H31F3N4O3. The number of aromatic nitrogens is 1. The minimum Gasteiger partial charge on any atom is -0.474 e. The van der Waals surface area contributed by atoms with Crippen LogP contribution in [0.2, 0.25) is 0 Å². The van der Waals surface area contributed by atoms with Crippen LogP contribution in [-0.4, -0.2) is 53.6 Å². The number of rotatable bonds is 7. The van der Waals surface area contributed by atoms with Gasteiger partial charge in [0.25, 0.3) is 0 Å². The standard InChI is InChI=1S/C26H31F3N4O3/c1-17(2)18-3-8-21(9-4-18)33-14-13-32(25(33)35)16-23(34)31-20-6-10-22(11-7-20)36-24-12-5-19(15-30-24)26(27,28)29/h3-5,8-9,12,15,17,20,22H,6-7,10-11,13-14,16H2,1-2H3,(H,31,34). The number of alkyl halides is 3. The van der Waals surface area contributed by atoms with Crippen LogP contribution in [0.3, 0.4) is 0 Å². The third-order valence-corrected chi connectivity index (χ3v) is 6.69. The molecule has 2 aromatic rings. The van der Waals surface area contributed by atoms with Gasteiger partial charge < -0.3 is 15.0 Å². The Morgan fingerprint density at radius 1 is 1.08 bits per heavy atom. The van der Waals surface area contributed by atoms with E-state index in [0.717, 1.165) is 18.0 Å². The molecule has 1 aromatic carbocycles. The van der Waals surface area contributed by atoms with Crippen LogP contribution in [-0.2, 0) is 11.0 Å². The van der Waals surface area contributed by atoms with E-state index in [4.69, 9.17) is 4.74 Å². The van der Waals surface area contributed by atoms with Crippen LogP contribution in [0, 0.1) is 0 Å². The molecule has 0 atom stereocenters. The summed E-state index contributed by atoms with van der Waals surface area (Å²) in [6, 6.07) is 9.90. The first-order valence-corrected chi connectivity index (χ1v) is 12.3. The summed E-state index contributed by atoms with van der Waals surface area (Å²) in [6.45, 7) is 5.26. The smallest absolute Gasteiger partial charge is 0.417 e. The van der Waals surface area contributed by atoms with Crippen LogP contribution in [0.15, 0.2) is 42.6 Å². The van der Waals surface area contributed by atoms with Crippen molar-refractivity contribution in [2.75, 3.05) is 24.5 Å². The van der Waals surface area contributed by atoms with Crippen LogP contribution in [0.4, 0.5) is 23.7 Å². The highest BCUT2D eigenvalue weighted by Gasteiger charge is 2.33. The number of nitrogens with one attached hydrogen (secondary N) is 1. The van der Waals surface area contributed by atoms with Crippen LogP contribution in [0.1, 0.15) is 56.6 Å². The highest BCUT2D eigenvalue weighted by molar-refractivity contribution is 5.96. The largest absolute Gasteiger partial charge is 0.474 e. The average molecular weight is 505 g/mol. The van der Waals surface area contributed by atoms with Crippen molar-refractivity contribution in [2.24, 2.45) is 0 Å². The van der Waals surface area contributed by atoms with Crippen molar-refractivity contribution >= 4 is 17.6 Å². The number of anilines is 1. The Bertz CT molecular complexity index is 1050. The second-order valence-electron chi connectivity index (χ2n) is 9.64. The normalized spacial score (nSPS) is 20.7. The number of benzene rings is 1. The molecule has 1 aromatic heterocycles. The zero-order chi connectivity index (χ0) is 25.9. The monoisotopic (exact) mass is 504 g/mol. The molecular weight excluding hydrogens is 473 g/mol. The Labute approximate surface area is 208 Å². The molecule has 7 nitrogen and oxygen atoms in total. The van der Waals surface area contributed by atoms with Crippen LogP contribution in [0.5, 0.6) is 5.88 Å². The number of carbonyl (C=O) groups excluding carboxylic acids is 2. The fraction of sp³-hybridized carbons (Fsp3) is 0.500. The third kappa shape index (κ3) is 6.27. The quantitative estimate of drug-likeness (QED) is 0.578. The Balaban J connectivity index is 1.20. The van der Waals surface area contributed by atoms with Gasteiger partial charge in [0.15, 0.2) is 0 Å². The molecule has 10 heteroatoms. The SMILES string of the molecule is CC(C)c1ccc(N2CCN(CC(=O)NC3CCC(Oc4ccc(C(F)(F)F)cn4)CC3)C2=O)cc1. The molecule has 1 saturated heterocycles. The van der Waals surface area contributed by atoms with Crippen molar-refractivity contribution in [3.8, 4) is 5.88 Å². The summed E-state index contributed by atoms with van der Waals surface area (Å²) in [5.74, 6) is 0.372. The lowest BCUT2D eigenvalue weighted by Gasteiger charge is -2.29. The molecule has 0 radical (unpaired) electrons. The van der Waals surface area contributed by atoms with E-state index in [1.807, 2.05) is 24.3 Å². The number of amides is 3. The van der Waals surface area contributed by atoms with E-state index >= 15 is 0 Å². The second-order valence-corrected chi connectivity index (χ2v) is 9.64. The molecule has 3 amide bonds. The van der Waals surface area contributed by atoms with Gasteiger partial charge in [0.2, 0.25) is 11.8 Å². The van der Waals surface area contributed by atoms with Gasteiger partial charge in [-0.15, -0.1) is 0 Å². The van der Waals surface area contributed by atoms with Gasteiger partial charge in [0, 0.05) is 37.1 Å². The summed E-state index contributed by atoms with van der Waals surface area (Å²) in [6.07, 6.45) is -1.18. The fourth-order valence-corrected chi connectivity index (χ4v) is 4.57. The summed E-state index contributed by atoms with van der Waals surface area (Å²) in [5, 5.41) is 3.00. The molecule has 0 bridgehead atoms. The summed E-state index contributed by atoms with van der Waals surface area (Å²) in [7, 11) is 0. The summed E-state index contributed by atoms with van der Waals surface area (Å²) in [4.78, 5) is 32.4. The molecule has 2 fully saturated rings. The molecule has 1 aliphatic heterocycles. The minimum atomic E-state index is -4.43. The molecule has 1 saturated carbocycles.